The molecule has 3 heterocycles. The summed E-state index contributed by atoms with van der Waals surface area (Å²) in [4.78, 5) is 43.1. The summed E-state index contributed by atoms with van der Waals surface area (Å²) in [6.45, 7) is 8.28. The molecule has 50 heavy (non-hydrogen) atoms. The molecule has 1 atom stereocenters. The highest BCUT2D eigenvalue weighted by atomic mass is 32.1. The monoisotopic (exact) mass is 709 g/mol. The molecule has 0 aliphatic carbocycles. The maximum atomic E-state index is 13.5. The Morgan fingerprint density at radius 2 is 2.00 bits per heavy atom. The standard InChI is InChI=1S/C35H44FN7O6S/c1-35(2,3)49-34(46)43(13-14-44)21-25-10-6-11-42(25)12-7-15-48-30-19-28-27(18-29(30)47-4)32(39-22-38-28)41-33-37-20-26(50-33)17-31(45)40-24-9-5-8-23(36)16-24/h5,8-9,16,18-20,22,25,44H,6-7,10-15,17,21H2,1-4H3,(H,40,45)(H,37,38,39,41)/t25-/m0/s1. The Morgan fingerprint density at radius 3 is 2.76 bits per heavy atom. The molecule has 3 N–H and O–H groups in total. The van der Waals surface area contributed by atoms with Crippen LogP contribution in [0.25, 0.3) is 10.9 Å². The molecule has 13 nitrogen and oxygen atoms in total. The number of hydrogen-bond acceptors (Lipinski definition) is 12. The van der Waals surface area contributed by atoms with E-state index in [1.807, 2.05) is 32.9 Å². The average molecular weight is 710 g/mol. The molecule has 4 aromatic rings. The Balaban J connectivity index is 1.16. The number of likely N-dealkylation sites (tertiary alicyclic amines) is 1. The van der Waals surface area contributed by atoms with Gasteiger partial charge in [-0.1, -0.05) is 6.07 Å². The molecule has 2 aromatic heterocycles. The third kappa shape index (κ3) is 10.2. The van der Waals surface area contributed by atoms with Crippen molar-refractivity contribution < 1.29 is 33.3 Å². The number of hydrogen-bond donors (Lipinski definition) is 3. The third-order valence-corrected chi connectivity index (χ3v) is 8.85. The molecule has 268 valence electrons. The summed E-state index contributed by atoms with van der Waals surface area (Å²) in [5, 5.41) is 16.7. The molecular formula is C35H44FN7O6S. The summed E-state index contributed by atoms with van der Waals surface area (Å²) in [6, 6.07) is 9.55. The molecule has 0 radical (unpaired) electrons. The molecular weight excluding hydrogens is 665 g/mol. The molecule has 1 aliphatic heterocycles. The molecule has 1 fully saturated rings. The van der Waals surface area contributed by atoms with E-state index in [2.05, 4.69) is 30.5 Å². The number of aromatic nitrogens is 3. The van der Waals surface area contributed by atoms with Crippen LogP contribution in [-0.2, 0) is 16.0 Å². The third-order valence-electron chi connectivity index (χ3n) is 7.94. The van der Waals surface area contributed by atoms with Crippen LogP contribution >= 0.6 is 11.3 Å². The van der Waals surface area contributed by atoms with Gasteiger partial charge in [0.25, 0.3) is 0 Å². The second kappa shape index (κ2) is 16.9. The molecule has 0 unspecified atom stereocenters. The molecule has 1 aliphatic rings. The van der Waals surface area contributed by atoms with Crippen molar-refractivity contribution in [3.8, 4) is 11.5 Å². The van der Waals surface area contributed by atoms with Gasteiger partial charge in [0.05, 0.1) is 32.3 Å². The van der Waals surface area contributed by atoms with Gasteiger partial charge in [0, 0.05) is 53.9 Å². The SMILES string of the molecule is COc1cc2c(Nc3ncc(CC(=O)Nc4cccc(F)c4)s3)ncnc2cc1OCCCN1CCC[C@H]1CN(CCO)C(=O)OC(C)(C)C. The number of methoxy groups -OCH3 is 1. The van der Waals surface area contributed by atoms with E-state index in [0.29, 0.717) is 52.2 Å². The Hall–Kier alpha value is -4.60. The number of halogens is 1. The number of ether oxygens (including phenoxy) is 3. The van der Waals surface area contributed by atoms with Crippen LogP contribution in [0.3, 0.4) is 0 Å². The summed E-state index contributed by atoms with van der Waals surface area (Å²) in [6.07, 6.45) is 5.50. The number of nitrogens with one attached hydrogen (secondary N) is 2. The number of anilines is 3. The van der Waals surface area contributed by atoms with E-state index >= 15 is 0 Å². The van der Waals surface area contributed by atoms with Crippen molar-refractivity contribution in [1.29, 1.82) is 0 Å². The van der Waals surface area contributed by atoms with E-state index in [0.717, 1.165) is 37.2 Å². The zero-order chi connectivity index (χ0) is 35.7. The first-order valence-electron chi connectivity index (χ1n) is 16.6. The number of amides is 2. The number of fused-ring (bicyclic) bond motifs is 1. The van der Waals surface area contributed by atoms with Gasteiger partial charge in [-0.15, -0.1) is 11.3 Å². The number of benzene rings is 2. The van der Waals surface area contributed by atoms with Crippen LogP contribution in [0.2, 0.25) is 0 Å². The summed E-state index contributed by atoms with van der Waals surface area (Å²) < 4.78 is 30.9. The highest BCUT2D eigenvalue weighted by Gasteiger charge is 2.30. The van der Waals surface area contributed by atoms with Crippen molar-refractivity contribution in [1.82, 2.24) is 24.8 Å². The zero-order valence-electron chi connectivity index (χ0n) is 28.8. The highest BCUT2D eigenvalue weighted by Crippen LogP contribution is 2.35. The van der Waals surface area contributed by atoms with Crippen LogP contribution < -0.4 is 20.1 Å². The number of carbonyl (C=O) groups excluding carboxylic acids is 2. The van der Waals surface area contributed by atoms with Crippen LogP contribution in [-0.4, -0.2) is 100 Å². The molecule has 2 amide bonds. The second-order valence-electron chi connectivity index (χ2n) is 12.9. The maximum Gasteiger partial charge on any atom is 0.410 e. The molecule has 0 spiro atoms. The topological polar surface area (TPSA) is 151 Å². The summed E-state index contributed by atoms with van der Waals surface area (Å²) in [5.74, 6) is 0.903. The smallest absolute Gasteiger partial charge is 0.410 e. The Bertz CT molecular complexity index is 1770. The molecule has 0 saturated carbocycles. The molecule has 1 saturated heterocycles. The van der Waals surface area contributed by atoms with Crippen molar-refractivity contribution in [2.75, 3.05) is 57.1 Å². The first-order chi connectivity index (χ1) is 24.0. The van der Waals surface area contributed by atoms with Gasteiger partial charge in [0.2, 0.25) is 5.91 Å². The van der Waals surface area contributed by atoms with Crippen molar-refractivity contribution >= 4 is 50.9 Å². The minimum absolute atomic E-state index is 0.0849. The fraction of sp³-hybridized carbons (Fsp3) is 0.457. The van der Waals surface area contributed by atoms with Crippen molar-refractivity contribution in [2.45, 2.75) is 58.1 Å². The van der Waals surface area contributed by atoms with E-state index in [1.165, 1.54) is 35.9 Å². The van der Waals surface area contributed by atoms with Gasteiger partial charge in [-0.25, -0.2) is 24.1 Å². The fourth-order valence-corrected chi connectivity index (χ4v) is 6.53. The largest absolute Gasteiger partial charge is 0.493 e. The van der Waals surface area contributed by atoms with E-state index in [4.69, 9.17) is 14.2 Å². The maximum absolute atomic E-state index is 13.5. The van der Waals surface area contributed by atoms with Gasteiger partial charge in [-0.05, 0) is 70.8 Å². The second-order valence-corrected chi connectivity index (χ2v) is 14.0. The number of carbonyl (C=O) groups is 2. The number of nitrogens with zero attached hydrogens (tertiary/aromatic N) is 5. The fourth-order valence-electron chi connectivity index (χ4n) is 5.72. The average Bonchev–Trinajstić information content (AvgIpc) is 3.70. The van der Waals surface area contributed by atoms with E-state index in [1.54, 1.807) is 24.3 Å². The van der Waals surface area contributed by atoms with Gasteiger partial charge >= 0.3 is 6.09 Å². The van der Waals surface area contributed by atoms with E-state index in [9.17, 15) is 19.1 Å². The van der Waals surface area contributed by atoms with Crippen molar-refractivity contribution in [2.24, 2.45) is 0 Å². The first-order valence-corrected chi connectivity index (χ1v) is 17.4. The summed E-state index contributed by atoms with van der Waals surface area (Å²) >= 11 is 1.31. The number of aliphatic hydroxyl groups is 1. The minimum Gasteiger partial charge on any atom is -0.493 e. The van der Waals surface area contributed by atoms with E-state index < -0.39 is 17.5 Å². The Morgan fingerprint density at radius 1 is 1.16 bits per heavy atom. The lowest BCUT2D eigenvalue weighted by molar-refractivity contribution is -0.115. The minimum atomic E-state index is -0.606. The van der Waals surface area contributed by atoms with Gasteiger partial charge in [-0.2, -0.15) is 0 Å². The Labute approximate surface area is 294 Å². The first kappa shape index (κ1) is 36.7. The molecule has 15 heteroatoms. The van der Waals surface area contributed by atoms with Crippen molar-refractivity contribution in [3.05, 3.63) is 59.6 Å². The van der Waals surface area contributed by atoms with Crippen LogP contribution in [0.1, 0.15) is 44.9 Å². The van der Waals surface area contributed by atoms with Gasteiger partial charge in [0.1, 0.15) is 23.6 Å². The highest BCUT2D eigenvalue weighted by molar-refractivity contribution is 7.15. The summed E-state index contributed by atoms with van der Waals surface area (Å²) in [5.41, 5.74) is 0.433. The van der Waals surface area contributed by atoms with Crippen molar-refractivity contribution in [3.63, 3.8) is 0 Å². The van der Waals surface area contributed by atoms with Crippen LogP contribution in [0.5, 0.6) is 11.5 Å². The quantitative estimate of drug-likeness (QED) is 0.132. The predicted molar refractivity (Wildman–Crippen MR) is 190 cm³/mol. The molecule has 0 bridgehead atoms. The van der Waals surface area contributed by atoms with Gasteiger partial charge in [0.15, 0.2) is 16.6 Å². The number of rotatable bonds is 15. The van der Waals surface area contributed by atoms with Crippen LogP contribution in [0.15, 0.2) is 48.9 Å². The van der Waals surface area contributed by atoms with Crippen LogP contribution in [0, 0.1) is 5.82 Å². The lowest BCUT2D eigenvalue weighted by Crippen LogP contribution is -2.46. The number of aliphatic hydroxyl groups excluding tert-OH is 1. The Kier molecular flexibility index (Phi) is 12.4. The zero-order valence-corrected chi connectivity index (χ0v) is 29.6. The lowest BCUT2D eigenvalue weighted by Gasteiger charge is -2.32. The molecule has 5 rings (SSSR count). The normalized spacial score (nSPS) is 14.8. The van der Waals surface area contributed by atoms with Gasteiger partial charge in [-0.3, -0.25) is 9.69 Å². The molecule has 2 aromatic carbocycles. The van der Waals surface area contributed by atoms with Crippen LogP contribution in [0.4, 0.5) is 25.8 Å². The summed E-state index contributed by atoms with van der Waals surface area (Å²) in [7, 11) is 1.57. The van der Waals surface area contributed by atoms with E-state index in [-0.39, 0.29) is 31.5 Å². The number of thiazole rings is 1. The van der Waals surface area contributed by atoms with Gasteiger partial charge < -0.3 is 34.9 Å². The lowest BCUT2D eigenvalue weighted by atomic mass is 10.2. The predicted octanol–water partition coefficient (Wildman–Crippen LogP) is 5.62.